The largest absolute Gasteiger partial charge is 0.339 e. The van der Waals surface area contributed by atoms with Gasteiger partial charge in [-0.2, -0.15) is 0 Å². The van der Waals surface area contributed by atoms with Crippen LogP contribution in [0.1, 0.15) is 25.5 Å². The number of amides is 2. The van der Waals surface area contributed by atoms with E-state index in [1.54, 1.807) is 26.5 Å². The molecule has 1 saturated heterocycles. The third-order valence-electron chi connectivity index (χ3n) is 6.01. The highest BCUT2D eigenvalue weighted by Gasteiger charge is 2.32. The van der Waals surface area contributed by atoms with Gasteiger partial charge in [-0.3, -0.25) is 9.59 Å². The van der Waals surface area contributed by atoms with Crippen LogP contribution in [0.15, 0.2) is 42.7 Å². The number of imidazole rings is 1. The van der Waals surface area contributed by atoms with Crippen molar-refractivity contribution in [1.29, 1.82) is 0 Å². The van der Waals surface area contributed by atoms with Crippen molar-refractivity contribution >= 4 is 22.8 Å². The zero-order valence-corrected chi connectivity index (χ0v) is 18.5. The number of rotatable bonds is 5. The third kappa shape index (κ3) is 4.72. The minimum absolute atomic E-state index is 0.0766. The van der Waals surface area contributed by atoms with Crippen LogP contribution in [-0.2, 0) is 16.0 Å². The number of nitrogens with zero attached hydrogens (tertiary/aromatic N) is 4. The van der Waals surface area contributed by atoms with Crippen LogP contribution in [-0.4, -0.2) is 57.3 Å². The Labute approximate surface area is 189 Å². The van der Waals surface area contributed by atoms with Gasteiger partial charge in [-0.1, -0.05) is 26.0 Å². The van der Waals surface area contributed by atoms with Gasteiger partial charge in [0, 0.05) is 38.3 Å². The molecule has 9 heteroatoms. The summed E-state index contributed by atoms with van der Waals surface area (Å²) in [6.45, 7) is 5.29. The first kappa shape index (κ1) is 22.8. The Morgan fingerprint density at radius 2 is 1.55 bits per heavy atom. The molecule has 3 aromatic rings. The van der Waals surface area contributed by atoms with Crippen LogP contribution in [0.5, 0.6) is 0 Å². The van der Waals surface area contributed by atoms with E-state index in [0.29, 0.717) is 31.7 Å². The topological polar surface area (TPSA) is 58.4 Å². The van der Waals surface area contributed by atoms with Crippen molar-refractivity contribution in [3.63, 3.8) is 0 Å². The van der Waals surface area contributed by atoms with Gasteiger partial charge in [0.2, 0.25) is 11.8 Å². The Morgan fingerprint density at radius 3 is 2.18 bits per heavy atom. The summed E-state index contributed by atoms with van der Waals surface area (Å²) >= 11 is 0. The van der Waals surface area contributed by atoms with E-state index in [4.69, 9.17) is 0 Å². The van der Waals surface area contributed by atoms with Crippen molar-refractivity contribution in [3.8, 4) is 0 Å². The first-order valence-corrected chi connectivity index (χ1v) is 10.9. The van der Waals surface area contributed by atoms with Crippen LogP contribution in [0.25, 0.3) is 11.0 Å². The number of aromatic nitrogens is 2. The van der Waals surface area contributed by atoms with Crippen molar-refractivity contribution in [2.45, 2.75) is 26.3 Å². The number of carbonyl (C=O) groups is 2. The van der Waals surface area contributed by atoms with Crippen molar-refractivity contribution in [2.24, 2.45) is 5.92 Å². The summed E-state index contributed by atoms with van der Waals surface area (Å²) in [6, 6.07) is 7.27. The van der Waals surface area contributed by atoms with E-state index < -0.39 is 17.7 Å². The number of piperazine rings is 1. The van der Waals surface area contributed by atoms with Gasteiger partial charge in [0.05, 0.1) is 23.8 Å². The van der Waals surface area contributed by atoms with E-state index >= 15 is 0 Å². The van der Waals surface area contributed by atoms with Crippen LogP contribution >= 0.6 is 0 Å². The van der Waals surface area contributed by atoms with Gasteiger partial charge in [0.25, 0.3) is 0 Å². The molecule has 6 nitrogen and oxygen atoms in total. The molecule has 2 amide bonds. The van der Waals surface area contributed by atoms with Crippen LogP contribution in [0, 0.1) is 23.4 Å². The number of hydrogen-bond donors (Lipinski definition) is 0. The van der Waals surface area contributed by atoms with Gasteiger partial charge < -0.3 is 14.4 Å². The lowest BCUT2D eigenvalue weighted by Gasteiger charge is -2.37. The van der Waals surface area contributed by atoms with Crippen LogP contribution in [0.3, 0.4) is 0 Å². The Balaban J connectivity index is 1.45. The summed E-state index contributed by atoms with van der Waals surface area (Å²) in [5, 5.41) is 0. The zero-order chi connectivity index (χ0) is 23.7. The maximum atomic E-state index is 13.9. The summed E-state index contributed by atoms with van der Waals surface area (Å²) in [6.07, 6.45) is 1.61. The third-order valence-corrected chi connectivity index (χ3v) is 6.01. The Kier molecular flexibility index (Phi) is 6.40. The second-order valence-corrected chi connectivity index (χ2v) is 8.61. The normalized spacial score (nSPS) is 15.3. The highest BCUT2D eigenvalue weighted by molar-refractivity contribution is 5.85. The molecular formula is C24H25F3N4O2. The first-order valence-electron chi connectivity index (χ1n) is 10.9. The van der Waals surface area contributed by atoms with E-state index in [1.807, 2.05) is 13.8 Å². The molecule has 0 bridgehead atoms. The van der Waals surface area contributed by atoms with Gasteiger partial charge in [-0.05, 0) is 23.6 Å². The summed E-state index contributed by atoms with van der Waals surface area (Å²) in [5.74, 6) is -2.68. The Hall–Kier alpha value is -3.36. The fourth-order valence-electron chi connectivity index (χ4n) is 4.22. The minimum Gasteiger partial charge on any atom is -0.339 e. The molecule has 1 aliphatic heterocycles. The second kappa shape index (κ2) is 9.25. The van der Waals surface area contributed by atoms with E-state index in [-0.39, 0.29) is 35.5 Å². The van der Waals surface area contributed by atoms with E-state index in [9.17, 15) is 22.8 Å². The Bertz CT molecular complexity index is 1170. The lowest BCUT2D eigenvalue weighted by molar-refractivity contribution is -0.142. The molecule has 0 aliphatic carbocycles. The maximum absolute atomic E-state index is 13.9. The average molecular weight is 458 g/mol. The molecule has 33 heavy (non-hydrogen) atoms. The van der Waals surface area contributed by atoms with Gasteiger partial charge >= 0.3 is 0 Å². The van der Waals surface area contributed by atoms with Gasteiger partial charge in [-0.25, -0.2) is 18.2 Å². The lowest BCUT2D eigenvalue weighted by Crippen LogP contribution is -2.52. The van der Waals surface area contributed by atoms with Gasteiger partial charge in [-0.15, -0.1) is 0 Å². The summed E-state index contributed by atoms with van der Waals surface area (Å²) in [7, 11) is 0. The number of halogens is 3. The summed E-state index contributed by atoms with van der Waals surface area (Å²) in [5.41, 5.74) is 1.37. The molecule has 2 heterocycles. The summed E-state index contributed by atoms with van der Waals surface area (Å²) in [4.78, 5) is 33.5. The van der Waals surface area contributed by atoms with Crippen molar-refractivity contribution < 1.29 is 22.8 Å². The number of benzene rings is 2. The van der Waals surface area contributed by atoms with E-state index in [0.717, 1.165) is 17.7 Å². The molecule has 2 aromatic carbocycles. The molecule has 0 N–H and O–H groups in total. The lowest BCUT2D eigenvalue weighted by atomic mass is 10.0. The molecule has 4 rings (SSSR count). The molecule has 0 spiro atoms. The van der Waals surface area contributed by atoms with E-state index in [2.05, 4.69) is 4.98 Å². The van der Waals surface area contributed by atoms with Gasteiger partial charge in [0.15, 0.2) is 11.6 Å². The predicted molar refractivity (Wildman–Crippen MR) is 117 cm³/mol. The SMILES string of the molecule is CC(C)C(C(=O)N1CCN(C(=O)Cc2ccc(F)cc2)CC1)n1cnc2cc(F)c(F)cc21. The smallest absolute Gasteiger partial charge is 0.246 e. The number of fused-ring (bicyclic) bond motifs is 1. The standard InChI is InChI=1S/C24H25F3N4O2/c1-15(2)23(31-14-28-20-12-18(26)19(27)13-21(20)31)24(33)30-9-7-29(8-10-30)22(32)11-16-3-5-17(25)6-4-16/h3-6,12-15,23H,7-11H2,1-2H3. The van der Waals surface area contributed by atoms with Crippen molar-refractivity contribution in [3.05, 3.63) is 65.7 Å². The number of hydrogen-bond acceptors (Lipinski definition) is 3. The molecule has 1 atom stereocenters. The zero-order valence-electron chi connectivity index (χ0n) is 18.5. The molecule has 0 saturated carbocycles. The second-order valence-electron chi connectivity index (χ2n) is 8.61. The number of carbonyl (C=O) groups excluding carboxylic acids is 2. The summed E-state index contributed by atoms with van der Waals surface area (Å²) < 4.78 is 42.1. The van der Waals surface area contributed by atoms with Gasteiger partial charge in [0.1, 0.15) is 11.9 Å². The van der Waals surface area contributed by atoms with E-state index in [1.165, 1.54) is 18.5 Å². The molecule has 1 fully saturated rings. The quantitative estimate of drug-likeness (QED) is 0.588. The highest BCUT2D eigenvalue weighted by atomic mass is 19.2. The molecule has 0 radical (unpaired) electrons. The maximum Gasteiger partial charge on any atom is 0.246 e. The molecule has 174 valence electrons. The highest BCUT2D eigenvalue weighted by Crippen LogP contribution is 2.27. The minimum atomic E-state index is -0.993. The molecular weight excluding hydrogens is 433 g/mol. The van der Waals surface area contributed by atoms with Crippen LogP contribution < -0.4 is 0 Å². The monoisotopic (exact) mass is 458 g/mol. The fourth-order valence-corrected chi connectivity index (χ4v) is 4.22. The first-order chi connectivity index (χ1) is 15.7. The van der Waals surface area contributed by atoms with Crippen molar-refractivity contribution in [1.82, 2.24) is 19.4 Å². The van der Waals surface area contributed by atoms with Crippen molar-refractivity contribution in [2.75, 3.05) is 26.2 Å². The predicted octanol–water partition coefficient (Wildman–Crippen LogP) is 3.56. The molecule has 1 unspecified atom stereocenters. The van der Waals surface area contributed by atoms with Crippen LogP contribution in [0.4, 0.5) is 13.2 Å². The Morgan fingerprint density at radius 1 is 0.939 bits per heavy atom. The molecule has 1 aliphatic rings. The fraction of sp³-hybridized carbons (Fsp3) is 0.375. The molecule has 1 aromatic heterocycles. The van der Waals surface area contributed by atoms with Crippen LogP contribution in [0.2, 0.25) is 0 Å². The average Bonchev–Trinajstić information content (AvgIpc) is 3.17.